The number of rotatable bonds is 6. The van der Waals surface area contributed by atoms with Crippen molar-refractivity contribution in [2.75, 3.05) is 39.4 Å². The van der Waals surface area contributed by atoms with E-state index in [1.165, 1.54) is 23.1 Å². The molecule has 1 aliphatic heterocycles. The number of quaternary nitrogens is 1. The molecule has 7 nitrogen and oxygen atoms in total. The molecule has 0 atom stereocenters. The van der Waals surface area contributed by atoms with E-state index in [4.69, 9.17) is 4.74 Å². The molecule has 0 aliphatic carbocycles. The standard InChI is InChI=1S/C15H19N3O4/c19-15(16-7-8-17-9-11-22-12-10-17)6-3-13-1-4-14(5-2-13)18(20)21/h1-6H,7-12H2,(H,16,19)/p+1. The van der Waals surface area contributed by atoms with Gasteiger partial charge in [-0.25, -0.2) is 0 Å². The van der Waals surface area contributed by atoms with E-state index < -0.39 is 4.92 Å². The highest BCUT2D eigenvalue weighted by atomic mass is 16.6. The van der Waals surface area contributed by atoms with E-state index >= 15 is 0 Å². The van der Waals surface area contributed by atoms with Crippen LogP contribution in [0.1, 0.15) is 5.56 Å². The fourth-order valence-corrected chi connectivity index (χ4v) is 2.21. The Morgan fingerprint density at radius 1 is 1.32 bits per heavy atom. The van der Waals surface area contributed by atoms with Crippen molar-refractivity contribution in [3.63, 3.8) is 0 Å². The molecule has 2 rings (SSSR count). The zero-order valence-electron chi connectivity index (χ0n) is 12.3. The van der Waals surface area contributed by atoms with E-state index in [0.717, 1.165) is 38.4 Å². The van der Waals surface area contributed by atoms with E-state index in [0.29, 0.717) is 6.54 Å². The average molecular weight is 306 g/mol. The SMILES string of the molecule is O=C(C=Cc1ccc([N+](=O)[O-])cc1)NCC[NH+]1CCOCC1. The Morgan fingerprint density at radius 2 is 2.00 bits per heavy atom. The van der Waals surface area contributed by atoms with Crippen LogP contribution in [0, 0.1) is 10.1 Å². The number of carbonyl (C=O) groups excluding carboxylic acids is 1. The first-order chi connectivity index (χ1) is 10.6. The highest BCUT2D eigenvalue weighted by Crippen LogP contribution is 2.12. The third-order valence-corrected chi connectivity index (χ3v) is 3.51. The Hall–Kier alpha value is -2.25. The Bertz CT molecular complexity index is 536. The lowest BCUT2D eigenvalue weighted by Crippen LogP contribution is -3.14. The van der Waals surface area contributed by atoms with Crippen LogP contribution in [0.25, 0.3) is 6.08 Å². The van der Waals surface area contributed by atoms with E-state index in [2.05, 4.69) is 5.32 Å². The molecule has 0 spiro atoms. The highest BCUT2D eigenvalue weighted by Gasteiger charge is 2.12. The second-order valence-corrected chi connectivity index (χ2v) is 5.09. The topological polar surface area (TPSA) is 85.9 Å². The first kappa shape index (κ1) is 16.1. The van der Waals surface area contributed by atoms with Crippen molar-refractivity contribution < 1.29 is 19.4 Å². The van der Waals surface area contributed by atoms with Gasteiger partial charge in [0.25, 0.3) is 5.69 Å². The predicted molar refractivity (Wildman–Crippen MR) is 81.5 cm³/mol. The lowest BCUT2D eigenvalue weighted by Gasteiger charge is -2.23. The number of nitro benzene ring substituents is 1. The fraction of sp³-hybridized carbons (Fsp3) is 0.400. The number of ether oxygens (including phenoxy) is 1. The van der Waals surface area contributed by atoms with Crippen LogP contribution >= 0.6 is 0 Å². The van der Waals surface area contributed by atoms with Crippen LogP contribution in [0.3, 0.4) is 0 Å². The number of hydrogen-bond acceptors (Lipinski definition) is 4. The van der Waals surface area contributed by atoms with Crippen molar-refractivity contribution in [3.05, 3.63) is 46.0 Å². The van der Waals surface area contributed by atoms with Crippen molar-refractivity contribution in [3.8, 4) is 0 Å². The Kier molecular flexibility index (Phi) is 6.05. The summed E-state index contributed by atoms with van der Waals surface area (Å²) in [6.45, 7) is 5.04. The molecular formula is C15H20N3O4+. The number of hydrogen-bond donors (Lipinski definition) is 2. The molecule has 1 aromatic rings. The molecule has 1 amide bonds. The molecule has 7 heteroatoms. The maximum absolute atomic E-state index is 11.7. The van der Waals surface area contributed by atoms with E-state index in [-0.39, 0.29) is 11.6 Å². The summed E-state index contributed by atoms with van der Waals surface area (Å²) in [5.74, 6) is -0.161. The summed E-state index contributed by atoms with van der Waals surface area (Å²) in [7, 11) is 0. The van der Waals surface area contributed by atoms with Gasteiger partial charge in [0, 0.05) is 18.2 Å². The number of non-ortho nitro benzene ring substituents is 1. The van der Waals surface area contributed by atoms with Crippen LogP contribution in [0.5, 0.6) is 0 Å². The minimum absolute atomic E-state index is 0.0371. The number of benzene rings is 1. The lowest BCUT2D eigenvalue weighted by molar-refractivity contribution is -0.906. The molecule has 0 bridgehead atoms. The number of amides is 1. The predicted octanol–water partition coefficient (Wildman–Crippen LogP) is -0.361. The van der Waals surface area contributed by atoms with E-state index in [1.54, 1.807) is 18.2 Å². The molecule has 0 saturated carbocycles. The number of nitrogens with zero attached hydrogens (tertiary/aromatic N) is 1. The summed E-state index contributed by atoms with van der Waals surface area (Å²) >= 11 is 0. The van der Waals surface area contributed by atoms with Gasteiger partial charge in [0.05, 0.1) is 31.2 Å². The molecule has 2 N–H and O–H groups in total. The molecule has 1 heterocycles. The zero-order valence-corrected chi connectivity index (χ0v) is 12.3. The van der Waals surface area contributed by atoms with Crippen molar-refractivity contribution in [2.45, 2.75) is 0 Å². The number of carbonyl (C=O) groups is 1. The van der Waals surface area contributed by atoms with Gasteiger partial charge in [0.15, 0.2) is 0 Å². The minimum Gasteiger partial charge on any atom is -0.370 e. The Labute approximate surface area is 128 Å². The van der Waals surface area contributed by atoms with Gasteiger partial charge in [-0.05, 0) is 23.8 Å². The normalized spacial score (nSPS) is 15.8. The largest absolute Gasteiger partial charge is 0.370 e. The average Bonchev–Trinajstić information content (AvgIpc) is 2.54. The Morgan fingerprint density at radius 3 is 2.64 bits per heavy atom. The molecular weight excluding hydrogens is 286 g/mol. The van der Waals surface area contributed by atoms with Crippen molar-refractivity contribution in [1.29, 1.82) is 0 Å². The summed E-state index contributed by atoms with van der Waals surface area (Å²) in [4.78, 5) is 23.2. The number of nitrogens with one attached hydrogen (secondary N) is 2. The van der Waals surface area contributed by atoms with E-state index in [9.17, 15) is 14.9 Å². The monoisotopic (exact) mass is 306 g/mol. The smallest absolute Gasteiger partial charge is 0.269 e. The van der Waals surface area contributed by atoms with Gasteiger partial charge in [0.2, 0.25) is 5.91 Å². The lowest BCUT2D eigenvalue weighted by atomic mass is 10.2. The van der Waals surface area contributed by atoms with Gasteiger partial charge in [-0.3, -0.25) is 14.9 Å². The van der Waals surface area contributed by atoms with Gasteiger partial charge in [0.1, 0.15) is 13.1 Å². The summed E-state index contributed by atoms with van der Waals surface area (Å²) in [6, 6.07) is 6.05. The molecule has 0 aromatic heterocycles. The zero-order chi connectivity index (χ0) is 15.8. The molecule has 1 saturated heterocycles. The molecule has 0 unspecified atom stereocenters. The third-order valence-electron chi connectivity index (χ3n) is 3.51. The van der Waals surface area contributed by atoms with Gasteiger partial charge in [-0.1, -0.05) is 0 Å². The second-order valence-electron chi connectivity index (χ2n) is 5.09. The molecule has 22 heavy (non-hydrogen) atoms. The maximum atomic E-state index is 11.7. The van der Waals surface area contributed by atoms with Crippen molar-refractivity contribution in [2.24, 2.45) is 0 Å². The first-order valence-electron chi connectivity index (χ1n) is 7.27. The second kappa shape index (κ2) is 8.26. The summed E-state index contributed by atoms with van der Waals surface area (Å²) in [5, 5.41) is 13.4. The fourth-order valence-electron chi connectivity index (χ4n) is 2.21. The van der Waals surface area contributed by atoms with Crippen LogP contribution in [-0.4, -0.2) is 50.2 Å². The van der Waals surface area contributed by atoms with Gasteiger partial charge < -0.3 is 15.0 Å². The third kappa shape index (κ3) is 5.27. The number of morpholine rings is 1. The van der Waals surface area contributed by atoms with Crippen molar-refractivity contribution in [1.82, 2.24) is 5.32 Å². The Balaban J connectivity index is 1.72. The van der Waals surface area contributed by atoms with Crippen LogP contribution in [0.15, 0.2) is 30.3 Å². The molecule has 1 aliphatic rings. The quantitative estimate of drug-likeness (QED) is 0.427. The summed E-state index contributed by atoms with van der Waals surface area (Å²) in [5.41, 5.74) is 0.787. The van der Waals surface area contributed by atoms with Crippen LogP contribution in [-0.2, 0) is 9.53 Å². The van der Waals surface area contributed by atoms with Crippen LogP contribution in [0.4, 0.5) is 5.69 Å². The molecule has 0 radical (unpaired) electrons. The molecule has 1 aromatic carbocycles. The van der Waals surface area contributed by atoms with Gasteiger partial charge in [-0.2, -0.15) is 0 Å². The van der Waals surface area contributed by atoms with Crippen molar-refractivity contribution >= 4 is 17.7 Å². The van der Waals surface area contributed by atoms with Crippen LogP contribution in [0.2, 0.25) is 0 Å². The summed E-state index contributed by atoms with van der Waals surface area (Å²) in [6.07, 6.45) is 3.08. The summed E-state index contributed by atoms with van der Waals surface area (Å²) < 4.78 is 5.28. The number of nitro groups is 1. The maximum Gasteiger partial charge on any atom is 0.269 e. The minimum atomic E-state index is -0.450. The molecule has 1 fully saturated rings. The molecule has 118 valence electrons. The van der Waals surface area contributed by atoms with E-state index in [1.807, 2.05) is 0 Å². The first-order valence-corrected chi connectivity index (χ1v) is 7.27. The van der Waals surface area contributed by atoms with Crippen LogP contribution < -0.4 is 10.2 Å². The van der Waals surface area contributed by atoms with Gasteiger partial charge >= 0.3 is 0 Å². The van der Waals surface area contributed by atoms with Gasteiger partial charge in [-0.15, -0.1) is 0 Å². The highest BCUT2D eigenvalue weighted by molar-refractivity contribution is 5.91.